The molecule has 4 rings (SSSR count). The first-order valence-electron chi connectivity index (χ1n) is 7.24. The van der Waals surface area contributed by atoms with Gasteiger partial charge >= 0.3 is 0 Å². The van der Waals surface area contributed by atoms with Gasteiger partial charge in [-0.25, -0.2) is 0 Å². The van der Waals surface area contributed by atoms with E-state index >= 15 is 0 Å². The Bertz CT molecular complexity index is 869. The van der Waals surface area contributed by atoms with Gasteiger partial charge in [-0.15, -0.1) is 0 Å². The molecule has 0 fully saturated rings. The van der Waals surface area contributed by atoms with Crippen molar-refractivity contribution in [3.63, 3.8) is 0 Å². The number of halogens is 1. The summed E-state index contributed by atoms with van der Waals surface area (Å²) in [5.41, 5.74) is 5.38. The first-order valence-corrected chi connectivity index (χ1v) is 8.04. The van der Waals surface area contributed by atoms with Crippen LogP contribution in [0.15, 0.2) is 65.1 Å². The second kappa shape index (κ2) is 4.85. The van der Waals surface area contributed by atoms with Gasteiger partial charge < -0.3 is 0 Å². The van der Waals surface area contributed by atoms with E-state index < -0.39 is 0 Å². The molecular weight excluding hydrogens is 320 g/mol. The van der Waals surface area contributed by atoms with Gasteiger partial charge in [0.15, 0.2) is 0 Å². The smallest absolute Gasteiger partial charge is 0.0260 e. The molecule has 0 bridgehead atoms. The molecule has 1 aliphatic rings. The van der Waals surface area contributed by atoms with Crippen LogP contribution in [-0.4, -0.2) is 0 Å². The molecule has 1 atom stereocenters. The average molecular weight is 335 g/mol. The van der Waals surface area contributed by atoms with Crippen LogP contribution in [0, 0.1) is 0 Å². The fraction of sp³-hybridized carbons (Fsp3) is 0.100. The lowest BCUT2D eigenvalue weighted by Crippen LogP contribution is -1.92. The number of rotatable bonds is 1. The number of fused-ring (bicyclic) bond motifs is 2. The van der Waals surface area contributed by atoms with Crippen LogP contribution < -0.4 is 0 Å². The minimum absolute atomic E-state index is 0.502. The summed E-state index contributed by atoms with van der Waals surface area (Å²) >= 11 is 3.76. The van der Waals surface area contributed by atoms with E-state index in [0.717, 1.165) is 4.47 Å². The molecule has 0 N–H and O–H groups in total. The molecule has 0 aliphatic heterocycles. The third-order valence-electron chi connectivity index (χ3n) is 4.33. The van der Waals surface area contributed by atoms with Crippen LogP contribution >= 0.6 is 15.9 Å². The minimum Gasteiger partial charge on any atom is -0.0766 e. The SMILES string of the molecule is CC1C=Cc2c1ccc(Br)c2-c1cccc2ccccc12. The van der Waals surface area contributed by atoms with Gasteiger partial charge in [-0.05, 0) is 39.4 Å². The first-order chi connectivity index (χ1) is 10.3. The van der Waals surface area contributed by atoms with Gasteiger partial charge in [0.2, 0.25) is 0 Å². The zero-order chi connectivity index (χ0) is 14.4. The van der Waals surface area contributed by atoms with Crippen molar-refractivity contribution in [3.05, 3.63) is 76.3 Å². The normalized spacial score (nSPS) is 16.4. The van der Waals surface area contributed by atoms with Gasteiger partial charge in [0.25, 0.3) is 0 Å². The summed E-state index contributed by atoms with van der Waals surface area (Å²) in [6.45, 7) is 2.25. The zero-order valence-corrected chi connectivity index (χ0v) is 13.4. The molecule has 102 valence electrons. The molecule has 0 aromatic heterocycles. The highest BCUT2D eigenvalue weighted by Gasteiger charge is 2.19. The molecule has 0 saturated heterocycles. The van der Waals surface area contributed by atoms with Crippen LogP contribution in [0.2, 0.25) is 0 Å². The van der Waals surface area contributed by atoms with Crippen molar-refractivity contribution in [1.82, 2.24) is 0 Å². The minimum atomic E-state index is 0.502. The molecule has 21 heavy (non-hydrogen) atoms. The monoisotopic (exact) mass is 334 g/mol. The largest absolute Gasteiger partial charge is 0.0766 e. The molecule has 1 unspecified atom stereocenters. The molecule has 0 spiro atoms. The van der Waals surface area contributed by atoms with E-state index in [2.05, 4.69) is 89.6 Å². The Morgan fingerprint density at radius 1 is 0.905 bits per heavy atom. The van der Waals surface area contributed by atoms with Crippen molar-refractivity contribution in [2.75, 3.05) is 0 Å². The summed E-state index contributed by atoms with van der Waals surface area (Å²) in [5.74, 6) is 0.502. The van der Waals surface area contributed by atoms with Crippen molar-refractivity contribution in [2.45, 2.75) is 12.8 Å². The van der Waals surface area contributed by atoms with Gasteiger partial charge in [0, 0.05) is 10.0 Å². The predicted octanol–water partition coefficient (Wildman–Crippen LogP) is 6.40. The second-order valence-electron chi connectivity index (χ2n) is 5.60. The van der Waals surface area contributed by atoms with E-state index in [9.17, 15) is 0 Å². The standard InChI is InChI=1S/C20H15Br/c1-13-9-10-18-15(13)11-12-19(21)20(18)17-8-4-6-14-5-2-3-7-16(14)17/h2-13H,1H3. The fourth-order valence-corrected chi connectivity index (χ4v) is 3.81. The molecular formula is C20H15Br. The Hall–Kier alpha value is -1.86. The summed E-state index contributed by atoms with van der Waals surface area (Å²) in [4.78, 5) is 0. The lowest BCUT2D eigenvalue weighted by Gasteiger charge is -2.14. The van der Waals surface area contributed by atoms with Crippen LogP contribution in [0.4, 0.5) is 0 Å². The Morgan fingerprint density at radius 3 is 2.62 bits per heavy atom. The molecule has 1 aliphatic carbocycles. The summed E-state index contributed by atoms with van der Waals surface area (Å²) in [7, 11) is 0. The van der Waals surface area contributed by atoms with E-state index in [4.69, 9.17) is 0 Å². The van der Waals surface area contributed by atoms with Crippen LogP contribution in [-0.2, 0) is 0 Å². The Kier molecular flexibility index (Phi) is 2.97. The van der Waals surface area contributed by atoms with Gasteiger partial charge in [-0.3, -0.25) is 0 Å². The number of benzene rings is 3. The molecule has 0 nitrogen and oxygen atoms in total. The molecule has 3 aromatic carbocycles. The number of hydrogen-bond donors (Lipinski definition) is 0. The highest BCUT2D eigenvalue weighted by atomic mass is 79.9. The molecule has 0 amide bonds. The van der Waals surface area contributed by atoms with E-state index in [1.165, 1.54) is 33.0 Å². The predicted molar refractivity (Wildman–Crippen MR) is 94.5 cm³/mol. The van der Waals surface area contributed by atoms with Crippen LogP contribution in [0.3, 0.4) is 0 Å². The Balaban J connectivity index is 2.09. The Morgan fingerprint density at radius 2 is 1.71 bits per heavy atom. The van der Waals surface area contributed by atoms with Crippen molar-refractivity contribution < 1.29 is 0 Å². The maximum absolute atomic E-state index is 3.76. The third kappa shape index (κ3) is 1.96. The van der Waals surface area contributed by atoms with Crippen LogP contribution in [0.5, 0.6) is 0 Å². The van der Waals surface area contributed by atoms with Gasteiger partial charge in [0.05, 0.1) is 0 Å². The van der Waals surface area contributed by atoms with E-state index in [1.807, 2.05) is 0 Å². The van der Waals surface area contributed by atoms with Crippen LogP contribution in [0.25, 0.3) is 28.0 Å². The average Bonchev–Trinajstić information content (AvgIpc) is 2.88. The zero-order valence-electron chi connectivity index (χ0n) is 11.8. The van der Waals surface area contributed by atoms with Gasteiger partial charge in [0.1, 0.15) is 0 Å². The van der Waals surface area contributed by atoms with Crippen molar-refractivity contribution in [3.8, 4) is 11.1 Å². The molecule has 0 radical (unpaired) electrons. The van der Waals surface area contributed by atoms with Crippen molar-refractivity contribution >= 4 is 32.8 Å². The number of allylic oxidation sites excluding steroid dienone is 1. The topological polar surface area (TPSA) is 0 Å². The summed E-state index contributed by atoms with van der Waals surface area (Å²) in [6, 6.07) is 19.5. The van der Waals surface area contributed by atoms with E-state index in [-0.39, 0.29) is 0 Å². The van der Waals surface area contributed by atoms with Crippen LogP contribution in [0.1, 0.15) is 24.0 Å². The molecule has 3 aromatic rings. The third-order valence-corrected chi connectivity index (χ3v) is 4.99. The fourth-order valence-electron chi connectivity index (χ4n) is 3.25. The second-order valence-corrected chi connectivity index (χ2v) is 6.45. The molecule has 0 saturated carbocycles. The van der Waals surface area contributed by atoms with E-state index in [1.54, 1.807) is 0 Å². The maximum atomic E-state index is 3.76. The highest BCUT2D eigenvalue weighted by molar-refractivity contribution is 9.10. The number of hydrogen-bond acceptors (Lipinski definition) is 0. The highest BCUT2D eigenvalue weighted by Crippen LogP contribution is 2.42. The lowest BCUT2D eigenvalue weighted by atomic mass is 9.91. The summed E-state index contributed by atoms with van der Waals surface area (Å²) in [5, 5.41) is 2.59. The lowest BCUT2D eigenvalue weighted by molar-refractivity contribution is 0.990. The molecule has 0 heterocycles. The Labute approximate surface area is 133 Å². The van der Waals surface area contributed by atoms with E-state index in [0.29, 0.717) is 5.92 Å². The quantitative estimate of drug-likeness (QED) is 0.483. The van der Waals surface area contributed by atoms with Gasteiger partial charge in [-0.1, -0.05) is 83.5 Å². The van der Waals surface area contributed by atoms with Gasteiger partial charge in [-0.2, -0.15) is 0 Å². The van der Waals surface area contributed by atoms with Crippen molar-refractivity contribution in [2.24, 2.45) is 0 Å². The maximum Gasteiger partial charge on any atom is 0.0260 e. The first kappa shape index (κ1) is 12.8. The molecule has 1 heteroatoms. The summed E-state index contributed by atoms with van der Waals surface area (Å²) in [6.07, 6.45) is 4.55. The van der Waals surface area contributed by atoms with Crippen molar-refractivity contribution in [1.29, 1.82) is 0 Å². The summed E-state index contributed by atoms with van der Waals surface area (Å²) < 4.78 is 1.16.